The highest BCUT2D eigenvalue weighted by atomic mass is 35.5. The number of hydrazine groups is 1. The van der Waals surface area contributed by atoms with E-state index in [1.165, 1.54) is 48.5 Å². The van der Waals surface area contributed by atoms with Crippen molar-refractivity contribution < 1.29 is 14.5 Å². The lowest BCUT2D eigenvalue weighted by molar-refractivity contribution is -0.385. The quantitative estimate of drug-likeness (QED) is 0.662. The van der Waals surface area contributed by atoms with Crippen molar-refractivity contribution in [3.8, 4) is 0 Å². The molecule has 2 aromatic carbocycles. The summed E-state index contributed by atoms with van der Waals surface area (Å²) in [4.78, 5) is 34.0. The molecule has 0 fully saturated rings. The fourth-order valence-corrected chi connectivity index (χ4v) is 1.95. The van der Waals surface area contributed by atoms with Gasteiger partial charge in [0.1, 0.15) is 5.56 Å². The molecule has 0 saturated heterocycles. The Hall–Kier alpha value is -3.13. The van der Waals surface area contributed by atoms with E-state index in [1.54, 1.807) is 0 Å². The molecule has 0 unspecified atom stereocenters. The van der Waals surface area contributed by atoms with Crippen molar-refractivity contribution in [1.82, 2.24) is 5.43 Å². The number of carbonyl (C=O) groups is 2. The second-order valence-electron chi connectivity index (χ2n) is 4.37. The van der Waals surface area contributed by atoms with Crippen molar-refractivity contribution in [1.29, 1.82) is 0 Å². The van der Waals surface area contributed by atoms with Crippen LogP contribution in [0.4, 0.5) is 16.2 Å². The first-order valence-electron chi connectivity index (χ1n) is 6.29. The van der Waals surface area contributed by atoms with Gasteiger partial charge in [0.05, 0.1) is 10.6 Å². The maximum absolute atomic E-state index is 12.2. The van der Waals surface area contributed by atoms with E-state index in [0.717, 1.165) is 5.01 Å². The minimum atomic E-state index is -0.959. The van der Waals surface area contributed by atoms with Crippen LogP contribution in [0.3, 0.4) is 0 Å². The van der Waals surface area contributed by atoms with Crippen LogP contribution in [0.25, 0.3) is 0 Å². The van der Waals surface area contributed by atoms with E-state index in [1.807, 2.05) is 0 Å². The molecule has 118 valence electrons. The number of hydrogen-bond donors (Lipinski definition) is 2. The van der Waals surface area contributed by atoms with Crippen LogP contribution >= 0.6 is 11.6 Å². The maximum Gasteiger partial charge on any atom is 0.338 e. The van der Waals surface area contributed by atoms with Crippen molar-refractivity contribution in [3.05, 3.63) is 69.2 Å². The molecule has 9 heteroatoms. The summed E-state index contributed by atoms with van der Waals surface area (Å²) in [5.74, 6) is -0.842. The van der Waals surface area contributed by atoms with Gasteiger partial charge in [0, 0.05) is 11.1 Å². The zero-order valence-electron chi connectivity index (χ0n) is 11.6. The van der Waals surface area contributed by atoms with Gasteiger partial charge in [-0.25, -0.2) is 9.80 Å². The van der Waals surface area contributed by atoms with Crippen LogP contribution in [-0.2, 0) is 0 Å². The number of benzene rings is 2. The van der Waals surface area contributed by atoms with Crippen LogP contribution in [0.1, 0.15) is 10.4 Å². The van der Waals surface area contributed by atoms with Crippen LogP contribution in [0.15, 0.2) is 48.5 Å². The third-order valence-corrected chi connectivity index (χ3v) is 3.12. The Labute approximate surface area is 135 Å². The number of nitro benzene ring substituents is 1. The summed E-state index contributed by atoms with van der Waals surface area (Å²) in [7, 11) is 0. The van der Waals surface area contributed by atoms with Crippen LogP contribution in [0.2, 0.25) is 5.02 Å². The molecule has 0 aromatic heterocycles. The molecule has 3 N–H and O–H groups in total. The Morgan fingerprint density at radius 2 is 1.74 bits per heavy atom. The molecule has 23 heavy (non-hydrogen) atoms. The number of nitrogens with one attached hydrogen (secondary N) is 1. The first-order valence-corrected chi connectivity index (χ1v) is 6.67. The lowest BCUT2D eigenvalue weighted by Gasteiger charge is -2.21. The molecule has 8 nitrogen and oxygen atoms in total. The third-order valence-electron chi connectivity index (χ3n) is 2.86. The summed E-state index contributed by atoms with van der Waals surface area (Å²) in [5, 5.41) is 12.2. The number of anilines is 1. The van der Waals surface area contributed by atoms with Gasteiger partial charge in [-0.3, -0.25) is 20.3 Å². The standard InChI is InChI=1S/C14H11ClN4O4/c15-9-5-7-10(8-6-9)18(14(16)21)17-13(20)11-3-1-2-4-12(11)19(22)23/h1-8H,(H2,16,21)(H,17,20). The average Bonchev–Trinajstić information content (AvgIpc) is 2.53. The monoisotopic (exact) mass is 334 g/mol. The largest absolute Gasteiger partial charge is 0.350 e. The highest BCUT2D eigenvalue weighted by molar-refractivity contribution is 6.30. The fraction of sp³-hybridized carbons (Fsp3) is 0. The van der Waals surface area contributed by atoms with Gasteiger partial charge in [-0.05, 0) is 30.3 Å². The molecule has 0 radical (unpaired) electrons. The molecule has 0 aliphatic carbocycles. The van der Waals surface area contributed by atoms with Crippen LogP contribution in [0.5, 0.6) is 0 Å². The van der Waals surface area contributed by atoms with Crippen molar-refractivity contribution in [3.63, 3.8) is 0 Å². The minimum Gasteiger partial charge on any atom is -0.350 e. The number of carbonyl (C=O) groups excluding carboxylic acids is 2. The summed E-state index contributed by atoms with van der Waals surface area (Å²) in [6, 6.07) is 10.3. The van der Waals surface area contributed by atoms with E-state index in [2.05, 4.69) is 5.43 Å². The molecule has 3 amide bonds. The molecule has 0 atom stereocenters. The molecule has 0 heterocycles. The highest BCUT2D eigenvalue weighted by Gasteiger charge is 2.23. The molecule has 0 bridgehead atoms. The second-order valence-corrected chi connectivity index (χ2v) is 4.80. The van der Waals surface area contributed by atoms with E-state index in [0.29, 0.717) is 5.02 Å². The van der Waals surface area contributed by atoms with E-state index < -0.39 is 16.9 Å². The Bertz CT molecular complexity index is 764. The predicted octanol–water partition coefficient (Wildman–Crippen LogP) is 2.48. The van der Waals surface area contributed by atoms with Gasteiger partial charge in [-0.2, -0.15) is 0 Å². The van der Waals surface area contributed by atoms with Gasteiger partial charge in [-0.1, -0.05) is 23.7 Å². The van der Waals surface area contributed by atoms with Crippen molar-refractivity contribution in [2.75, 3.05) is 5.01 Å². The Kier molecular flexibility index (Phi) is 4.77. The maximum atomic E-state index is 12.2. The molecule has 0 aliphatic rings. The van der Waals surface area contributed by atoms with Gasteiger partial charge in [-0.15, -0.1) is 0 Å². The number of halogens is 1. The first kappa shape index (κ1) is 16.2. The number of amides is 3. The number of rotatable bonds is 3. The summed E-state index contributed by atoms with van der Waals surface area (Å²) < 4.78 is 0. The summed E-state index contributed by atoms with van der Waals surface area (Å²) in [6.45, 7) is 0. The van der Waals surface area contributed by atoms with Gasteiger partial charge in [0.2, 0.25) is 0 Å². The predicted molar refractivity (Wildman–Crippen MR) is 84.1 cm³/mol. The van der Waals surface area contributed by atoms with Gasteiger partial charge in [0.25, 0.3) is 11.6 Å². The number of para-hydroxylation sites is 1. The Morgan fingerprint density at radius 3 is 2.30 bits per heavy atom. The summed E-state index contributed by atoms with van der Waals surface area (Å²) in [6.07, 6.45) is 0. The minimum absolute atomic E-state index is 0.197. The fourth-order valence-electron chi connectivity index (χ4n) is 1.82. The van der Waals surface area contributed by atoms with E-state index in [-0.39, 0.29) is 16.9 Å². The highest BCUT2D eigenvalue weighted by Crippen LogP contribution is 2.20. The molecule has 0 saturated carbocycles. The Morgan fingerprint density at radius 1 is 1.13 bits per heavy atom. The van der Waals surface area contributed by atoms with E-state index >= 15 is 0 Å². The molecule has 0 spiro atoms. The number of nitrogens with zero attached hydrogens (tertiary/aromatic N) is 2. The van der Waals surface area contributed by atoms with Gasteiger partial charge in [0.15, 0.2) is 0 Å². The normalized spacial score (nSPS) is 9.96. The van der Waals surface area contributed by atoms with Crippen LogP contribution in [0, 0.1) is 10.1 Å². The molecule has 2 rings (SSSR count). The average molecular weight is 335 g/mol. The molecular formula is C14H11ClN4O4. The van der Waals surface area contributed by atoms with E-state index in [9.17, 15) is 19.7 Å². The van der Waals surface area contributed by atoms with E-state index in [4.69, 9.17) is 17.3 Å². The first-order chi connectivity index (χ1) is 10.9. The number of hydrogen-bond acceptors (Lipinski definition) is 4. The zero-order chi connectivity index (χ0) is 17.0. The molecule has 2 aromatic rings. The number of nitro groups is 1. The number of nitrogens with two attached hydrogens (primary N) is 1. The third kappa shape index (κ3) is 3.74. The smallest absolute Gasteiger partial charge is 0.338 e. The number of urea groups is 1. The topological polar surface area (TPSA) is 119 Å². The van der Waals surface area contributed by atoms with Crippen LogP contribution < -0.4 is 16.2 Å². The SMILES string of the molecule is NC(=O)N(NC(=O)c1ccccc1[N+](=O)[O-])c1ccc(Cl)cc1. The zero-order valence-corrected chi connectivity index (χ0v) is 12.4. The Balaban J connectivity index is 2.31. The molecule has 0 aliphatic heterocycles. The summed E-state index contributed by atoms with van der Waals surface area (Å²) >= 11 is 5.76. The lowest BCUT2D eigenvalue weighted by atomic mass is 10.2. The van der Waals surface area contributed by atoms with Crippen molar-refractivity contribution >= 4 is 34.9 Å². The van der Waals surface area contributed by atoms with Gasteiger partial charge >= 0.3 is 6.03 Å². The van der Waals surface area contributed by atoms with Gasteiger partial charge < -0.3 is 5.73 Å². The lowest BCUT2D eigenvalue weighted by Crippen LogP contribution is -2.49. The second kappa shape index (κ2) is 6.75. The summed E-state index contributed by atoms with van der Waals surface area (Å²) in [5.41, 5.74) is 7.15. The number of primary amides is 1. The molecular weight excluding hydrogens is 324 g/mol. The van der Waals surface area contributed by atoms with Crippen LogP contribution in [-0.4, -0.2) is 16.9 Å². The van der Waals surface area contributed by atoms with Crippen molar-refractivity contribution in [2.45, 2.75) is 0 Å². The van der Waals surface area contributed by atoms with Crippen molar-refractivity contribution in [2.24, 2.45) is 5.73 Å².